The molecule has 1 rings (SSSR count). The highest BCUT2D eigenvalue weighted by atomic mass is 16.5. The smallest absolute Gasteiger partial charge is 0.251 e. The molecule has 110 valence electrons. The Hall–Kier alpha value is -1.10. The van der Waals surface area contributed by atoms with Gasteiger partial charge in [-0.3, -0.25) is 9.59 Å². The summed E-state index contributed by atoms with van der Waals surface area (Å²) < 4.78 is 5.55. The molecule has 0 aromatic rings. The maximum Gasteiger partial charge on any atom is 0.251 e. The third kappa shape index (κ3) is 4.49. The Morgan fingerprint density at radius 1 is 1.37 bits per heavy atom. The number of hydrogen-bond donors (Lipinski definition) is 0. The summed E-state index contributed by atoms with van der Waals surface area (Å²) in [4.78, 5) is 27.2. The van der Waals surface area contributed by atoms with Crippen LogP contribution in [0.15, 0.2) is 0 Å². The first kappa shape index (κ1) is 16.0. The lowest BCUT2D eigenvalue weighted by molar-refractivity contribution is -0.150. The van der Waals surface area contributed by atoms with Crippen molar-refractivity contribution < 1.29 is 14.3 Å². The quantitative estimate of drug-likeness (QED) is 0.707. The van der Waals surface area contributed by atoms with E-state index in [0.717, 1.165) is 12.8 Å². The Morgan fingerprint density at radius 3 is 2.58 bits per heavy atom. The van der Waals surface area contributed by atoms with Gasteiger partial charge in [0.1, 0.15) is 6.10 Å². The number of ether oxygens (including phenoxy) is 1. The zero-order valence-electron chi connectivity index (χ0n) is 12.5. The molecule has 0 aromatic carbocycles. The minimum absolute atomic E-state index is 0.0341. The van der Waals surface area contributed by atoms with E-state index in [0.29, 0.717) is 26.2 Å². The largest absolute Gasteiger partial charge is 0.369 e. The first-order valence-electron chi connectivity index (χ1n) is 7.15. The van der Waals surface area contributed by atoms with E-state index < -0.39 is 6.10 Å². The number of nitrogens with zero attached hydrogens (tertiary/aromatic N) is 2. The van der Waals surface area contributed by atoms with Crippen molar-refractivity contribution in [2.75, 3.05) is 26.2 Å². The Kier molecular flexibility index (Phi) is 6.28. The Labute approximate surface area is 115 Å². The van der Waals surface area contributed by atoms with E-state index in [1.807, 2.05) is 18.7 Å². The maximum atomic E-state index is 12.3. The monoisotopic (exact) mass is 270 g/mol. The molecule has 19 heavy (non-hydrogen) atoms. The van der Waals surface area contributed by atoms with Gasteiger partial charge in [-0.15, -0.1) is 0 Å². The molecule has 0 bridgehead atoms. The average molecular weight is 270 g/mol. The minimum Gasteiger partial charge on any atom is -0.369 e. The summed E-state index contributed by atoms with van der Waals surface area (Å²) in [7, 11) is 0. The highest BCUT2D eigenvalue weighted by Gasteiger charge is 2.31. The fraction of sp³-hybridized carbons (Fsp3) is 0.857. The van der Waals surface area contributed by atoms with Gasteiger partial charge in [-0.1, -0.05) is 13.3 Å². The zero-order valence-corrected chi connectivity index (χ0v) is 12.5. The second kappa shape index (κ2) is 7.48. The van der Waals surface area contributed by atoms with Crippen LogP contribution in [0.1, 0.15) is 40.5 Å². The zero-order chi connectivity index (χ0) is 14.4. The SMILES string of the molecule is CCCCO[C@H](C)C(=O)N1CCN(C(C)=O)C[C@@H]1C. The van der Waals surface area contributed by atoms with Gasteiger partial charge < -0.3 is 14.5 Å². The topological polar surface area (TPSA) is 49.9 Å². The molecule has 0 radical (unpaired) electrons. The van der Waals surface area contributed by atoms with Gasteiger partial charge >= 0.3 is 0 Å². The van der Waals surface area contributed by atoms with Crippen LogP contribution in [0.25, 0.3) is 0 Å². The predicted molar refractivity (Wildman–Crippen MR) is 73.8 cm³/mol. The number of carbonyl (C=O) groups excluding carboxylic acids is 2. The normalized spacial score (nSPS) is 21.4. The van der Waals surface area contributed by atoms with Crippen LogP contribution in [0, 0.1) is 0 Å². The van der Waals surface area contributed by atoms with E-state index in [-0.39, 0.29) is 17.9 Å². The van der Waals surface area contributed by atoms with E-state index in [1.165, 1.54) is 0 Å². The van der Waals surface area contributed by atoms with Gasteiger partial charge in [-0.2, -0.15) is 0 Å². The van der Waals surface area contributed by atoms with Crippen LogP contribution in [-0.4, -0.2) is 60.0 Å². The van der Waals surface area contributed by atoms with E-state index >= 15 is 0 Å². The molecule has 0 aliphatic carbocycles. The summed E-state index contributed by atoms with van der Waals surface area (Å²) in [5.74, 6) is 0.109. The number of rotatable bonds is 5. The Morgan fingerprint density at radius 2 is 2.05 bits per heavy atom. The van der Waals surface area contributed by atoms with Crippen LogP contribution in [0.4, 0.5) is 0 Å². The third-order valence-electron chi connectivity index (χ3n) is 3.57. The van der Waals surface area contributed by atoms with Crippen LogP contribution < -0.4 is 0 Å². The molecule has 1 saturated heterocycles. The lowest BCUT2D eigenvalue weighted by Gasteiger charge is -2.40. The average Bonchev–Trinajstić information content (AvgIpc) is 2.37. The molecule has 5 heteroatoms. The number of piperazine rings is 1. The van der Waals surface area contributed by atoms with Crippen molar-refractivity contribution in [3.8, 4) is 0 Å². The maximum absolute atomic E-state index is 12.3. The molecular weight excluding hydrogens is 244 g/mol. The minimum atomic E-state index is -0.391. The van der Waals surface area contributed by atoms with Crippen LogP contribution in [0.2, 0.25) is 0 Å². The van der Waals surface area contributed by atoms with Gasteiger partial charge in [0, 0.05) is 39.2 Å². The van der Waals surface area contributed by atoms with Crippen molar-refractivity contribution in [2.45, 2.75) is 52.7 Å². The van der Waals surface area contributed by atoms with Crippen LogP contribution in [0.5, 0.6) is 0 Å². The lowest BCUT2D eigenvalue weighted by Crippen LogP contribution is -2.57. The molecule has 1 heterocycles. The van der Waals surface area contributed by atoms with Gasteiger partial charge in [0.25, 0.3) is 5.91 Å². The van der Waals surface area contributed by atoms with E-state index in [9.17, 15) is 9.59 Å². The highest BCUT2D eigenvalue weighted by Crippen LogP contribution is 2.12. The van der Waals surface area contributed by atoms with Gasteiger partial charge in [0.05, 0.1) is 0 Å². The first-order chi connectivity index (χ1) is 8.97. The van der Waals surface area contributed by atoms with E-state index in [1.54, 1.807) is 11.8 Å². The molecule has 0 aromatic heterocycles. The van der Waals surface area contributed by atoms with E-state index in [2.05, 4.69) is 6.92 Å². The Bertz CT molecular complexity index is 320. The van der Waals surface area contributed by atoms with Crippen molar-refractivity contribution >= 4 is 11.8 Å². The van der Waals surface area contributed by atoms with Gasteiger partial charge in [0.2, 0.25) is 5.91 Å². The summed E-state index contributed by atoms with van der Waals surface area (Å²) in [6, 6.07) is 0.0578. The Balaban J connectivity index is 2.47. The number of unbranched alkanes of at least 4 members (excludes halogenated alkanes) is 1. The number of amides is 2. The molecule has 0 N–H and O–H groups in total. The molecule has 1 aliphatic rings. The summed E-state index contributed by atoms with van der Waals surface area (Å²) in [6.07, 6.45) is 1.65. The van der Waals surface area contributed by atoms with Crippen LogP contribution >= 0.6 is 0 Å². The van der Waals surface area contributed by atoms with Crippen LogP contribution in [0.3, 0.4) is 0 Å². The summed E-state index contributed by atoms with van der Waals surface area (Å²) >= 11 is 0. The molecule has 5 nitrogen and oxygen atoms in total. The molecular formula is C14H26N2O3. The highest BCUT2D eigenvalue weighted by molar-refractivity contribution is 5.81. The van der Waals surface area contributed by atoms with Crippen molar-refractivity contribution in [1.82, 2.24) is 9.80 Å². The molecule has 0 unspecified atom stereocenters. The lowest BCUT2D eigenvalue weighted by atomic mass is 10.1. The fourth-order valence-electron chi connectivity index (χ4n) is 2.28. The van der Waals surface area contributed by atoms with Crippen molar-refractivity contribution in [1.29, 1.82) is 0 Å². The van der Waals surface area contributed by atoms with Gasteiger partial charge in [-0.05, 0) is 20.3 Å². The summed E-state index contributed by atoms with van der Waals surface area (Å²) in [5.41, 5.74) is 0. The van der Waals surface area contributed by atoms with Crippen molar-refractivity contribution in [3.05, 3.63) is 0 Å². The molecule has 0 saturated carbocycles. The molecule has 1 aliphatic heterocycles. The molecule has 1 fully saturated rings. The van der Waals surface area contributed by atoms with Crippen LogP contribution in [-0.2, 0) is 14.3 Å². The van der Waals surface area contributed by atoms with Crippen molar-refractivity contribution in [2.24, 2.45) is 0 Å². The molecule has 2 atom stereocenters. The second-order valence-electron chi connectivity index (χ2n) is 5.21. The van der Waals surface area contributed by atoms with Crippen molar-refractivity contribution in [3.63, 3.8) is 0 Å². The van der Waals surface area contributed by atoms with Gasteiger partial charge in [-0.25, -0.2) is 0 Å². The summed E-state index contributed by atoms with van der Waals surface area (Å²) in [6.45, 7) is 9.91. The number of carbonyl (C=O) groups is 2. The van der Waals surface area contributed by atoms with Gasteiger partial charge in [0.15, 0.2) is 0 Å². The third-order valence-corrected chi connectivity index (χ3v) is 3.57. The molecule has 0 spiro atoms. The number of hydrogen-bond acceptors (Lipinski definition) is 3. The second-order valence-corrected chi connectivity index (χ2v) is 5.21. The fourth-order valence-corrected chi connectivity index (χ4v) is 2.28. The standard InChI is InChI=1S/C14H26N2O3/c1-5-6-9-19-12(3)14(18)16-8-7-15(13(4)17)10-11(16)2/h11-12H,5-10H2,1-4H3/t11-,12+/m0/s1. The predicted octanol–water partition coefficient (Wildman–Crippen LogP) is 1.27. The molecule has 2 amide bonds. The van der Waals surface area contributed by atoms with E-state index in [4.69, 9.17) is 4.74 Å². The summed E-state index contributed by atoms with van der Waals surface area (Å²) in [5, 5.41) is 0. The first-order valence-corrected chi connectivity index (χ1v) is 7.15.